The number of fused-ring (bicyclic) bond motifs is 1. The molecule has 10 heteroatoms. The third-order valence-electron chi connectivity index (χ3n) is 6.22. The number of aromatic nitrogens is 3. The molecule has 0 spiro atoms. The van der Waals surface area contributed by atoms with Crippen molar-refractivity contribution in [3.05, 3.63) is 47.9 Å². The Morgan fingerprint density at radius 2 is 2.12 bits per heavy atom. The van der Waals surface area contributed by atoms with E-state index in [1.807, 2.05) is 18.4 Å². The molecule has 2 aromatic heterocycles. The summed E-state index contributed by atoms with van der Waals surface area (Å²) in [6.45, 7) is 1.80. The Kier molecular flexibility index (Phi) is 5.54. The van der Waals surface area contributed by atoms with Crippen molar-refractivity contribution in [1.29, 1.82) is 0 Å². The highest BCUT2D eigenvalue weighted by Gasteiger charge is 2.29. The molecule has 2 aliphatic rings. The molecule has 1 aromatic carbocycles. The molecule has 0 unspecified atom stereocenters. The first-order chi connectivity index (χ1) is 15.5. The molecule has 2 aliphatic heterocycles. The van der Waals surface area contributed by atoms with E-state index in [2.05, 4.69) is 21.3 Å². The van der Waals surface area contributed by atoms with E-state index in [4.69, 9.17) is 5.10 Å². The molecule has 0 radical (unpaired) electrons. The zero-order valence-corrected chi connectivity index (χ0v) is 18.6. The van der Waals surface area contributed by atoms with Gasteiger partial charge < -0.3 is 20.2 Å². The first kappa shape index (κ1) is 20.9. The number of rotatable bonds is 5. The van der Waals surface area contributed by atoms with Gasteiger partial charge >= 0.3 is 6.09 Å². The molecule has 0 saturated carbocycles. The van der Waals surface area contributed by atoms with Gasteiger partial charge in [0.25, 0.3) is 0 Å². The number of thioether (sulfide) groups is 1. The average molecular weight is 457 g/mol. The van der Waals surface area contributed by atoms with Crippen molar-refractivity contribution in [1.82, 2.24) is 19.5 Å². The lowest BCUT2D eigenvalue weighted by molar-refractivity contribution is 0.155. The van der Waals surface area contributed by atoms with Gasteiger partial charge in [-0.05, 0) is 61.4 Å². The molecule has 3 aromatic rings. The SMILES string of the molecule is CSc1cc(F)cc([C@H]2CCCN2c2ccc3ncc(N[C@H]4CCN(C(=O)O)C4)n3n2)c1. The normalized spacial score (nSPS) is 20.9. The maximum absolute atomic E-state index is 14.2. The molecule has 2 saturated heterocycles. The van der Waals surface area contributed by atoms with Crippen LogP contribution in [0.3, 0.4) is 0 Å². The van der Waals surface area contributed by atoms with Gasteiger partial charge in [-0.1, -0.05) is 0 Å². The van der Waals surface area contributed by atoms with E-state index in [1.165, 1.54) is 16.7 Å². The Balaban J connectivity index is 1.41. The summed E-state index contributed by atoms with van der Waals surface area (Å²) in [5.41, 5.74) is 1.69. The maximum atomic E-state index is 14.2. The molecule has 8 nitrogen and oxygen atoms in total. The minimum Gasteiger partial charge on any atom is -0.465 e. The Labute approximate surface area is 189 Å². The highest BCUT2D eigenvalue weighted by atomic mass is 32.2. The zero-order valence-electron chi connectivity index (χ0n) is 17.7. The van der Waals surface area contributed by atoms with Gasteiger partial charge in [0.1, 0.15) is 17.5 Å². The van der Waals surface area contributed by atoms with Gasteiger partial charge in [-0.3, -0.25) is 0 Å². The van der Waals surface area contributed by atoms with Crippen molar-refractivity contribution in [2.24, 2.45) is 0 Å². The molecular weight excluding hydrogens is 431 g/mol. The van der Waals surface area contributed by atoms with Crippen LogP contribution in [0, 0.1) is 5.82 Å². The zero-order chi connectivity index (χ0) is 22.2. The van der Waals surface area contributed by atoms with Crippen molar-refractivity contribution < 1.29 is 14.3 Å². The first-order valence-electron chi connectivity index (χ1n) is 10.7. The van der Waals surface area contributed by atoms with Gasteiger partial charge in [-0.25, -0.2) is 14.2 Å². The fourth-order valence-corrected chi connectivity index (χ4v) is 5.14. The number of hydrogen-bond donors (Lipinski definition) is 2. The molecular formula is C22H25FN6O2S. The number of imidazole rings is 1. The Morgan fingerprint density at radius 1 is 1.25 bits per heavy atom. The number of nitrogens with zero attached hydrogens (tertiary/aromatic N) is 5. The predicted molar refractivity (Wildman–Crippen MR) is 122 cm³/mol. The van der Waals surface area contributed by atoms with Crippen LogP contribution in [-0.2, 0) is 0 Å². The van der Waals surface area contributed by atoms with E-state index in [0.717, 1.165) is 53.5 Å². The lowest BCUT2D eigenvalue weighted by atomic mass is 10.0. The molecule has 32 heavy (non-hydrogen) atoms. The lowest BCUT2D eigenvalue weighted by Crippen LogP contribution is -2.30. The number of hydrogen-bond acceptors (Lipinski definition) is 6. The van der Waals surface area contributed by atoms with Crippen molar-refractivity contribution in [3.63, 3.8) is 0 Å². The standard InChI is InChI=1S/C22H25FN6O2S/c1-32-17-10-14(9-15(23)11-17)18-3-2-7-28(18)20-5-4-19-24-12-21(29(19)26-20)25-16-6-8-27(13-16)22(30)31/h4-5,9-12,16,18,25H,2-3,6-8,13H2,1H3,(H,30,31)/t16-,18+/m0/s1. The topological polar surface area (TPSA) is 86.0 Å². The Bertz CT molecular complexity index is 1150. The number of anilines is 2. The van der Waals surface area contributed by atoms with Gasteiger partial charge in [-0.2, -0.15) is 4.52 Å². The van der Waals surface area contributed by atoms with Gasteiger partial charge in [0.2, 0.25) is 0 Å². The summed E-state index contributed by atoms with van der Waals surface area (Å²) < 4.78 is 16.0. The summed E-state index contributed by atoms with van der Waals surface area (Å²) in [7, 11) is 0. The second-order valence-electron chi connectivity index (χ2n) is 8.24. The van der Waals surface area contributed by atoms with E-state index in [9.17, 15) is 14.3 Å². The van der Waals surface area contributed by atoms with Crippen LogP contribution in [0.2, 0.25) is 0 Å². The van der Waals surface area contributed by atoms with E-state index in [-0.39, 0.29) is 17.9 Å². The van der Waals surface area contributed by atoms with Crippen LogP contribution in [0.4, 0.5) is 20.8 Å². The number of amides is 1. The number of benzene rings is 1. The second kappa shape index (κ2) is 8.50. The van der Waals surface area contributed by atoms with Gasteiger partial charge in [0.15, 0.2) is 5.65 Å². The largest absolute Gasteiger partial charge is 0.465 e. The average Bonchev–Trinajstić information content (AvgIpc) is 3.53. The summed E-state index contributed by atoms with van der Waals surface area (Å²) in [5, 5.41) is 17.4. The lowest BCUT2D eigenvalue weighted by Gasteiger charge is -2.26. The molecule has 4 heterocycles. The van der Waals surface area contributed by atoms with Crippen LogP contribution in [0.5, 0.6) is 0 Å². The minimum absolute atomic E-state index is 0.0215. The number of carbonyl (C=O) groups is 1. The predicted octanol–water partition coefficient (Wildman–Crippen LogP) is 4.10. The molecule has 1 amide bonds. The molecule has 5 rings (SSSR count). The van der Waals surface area contributed by atoms with Crippen LogP contribution < -0.4 is 10.2 Å². The third kappa shape index (κ3) is 3.94. The van der Waals surface area contributed by atoms with Gasteiger partial charge in [-0.15, -0.1) is 16.9 Å². The number of carboxylic acid groups (broad SMARTS) is 1. The summed E-state index contributed by atoms with van der Waals surface area (Å²) in [5.74, 6) is 1.34. The molecule has 168 valence electrons. The van der Waals surface area contributed by atoms with Crippen LogP contribution in [-0.4, -0.2) is 62.6 Å². The number of halogens is 1. The van der Waals surface area contributed by atoms with Crippen LogP contribution >= 0.6 is 11.8 Å². The van der Waals surface area contributed by atoms with Crippen LogP contribution in [0.25, 0.3) is 5.65 Å². The van der Waals surface area contributed by atoms with Crippen LogP contribution in [0.15, 0.2) is 41.4 Å². The summed E-state index contributed by atoms with van der Waals surface area (Å²) in [6, 6.07) is 9.23. The van der Waals surface area contributed by atoms with Gasteiger partial charge in [0, 0.05) is 30.6 Å². The number of nitrogens with one attached hydrogen (secondary N) is 1. The molecule has 2 atom stereocenters. The van der Waals surface area contributed by atoms with E-state index in [1.54, 1.807) is 22.8 Å². The Morgan fingerprint density at radius 3 is 2.91 bits per heavy atom. The summed E-state index contributed by atoms with van der Waals surface area (Å²) in [4.78, 5) is 20.2. The quantitative estimate of drug-likeness (QED) is 0.559. The monoisotopic (exact) mass is 456 g/mol. The molecule has 0 bridgehead atoms. The third-order valence-corrected chi connectivity index (χ3v) is 6.93. The molecule has 0 aliphatic carbocycles. The van der Waals surface area contributed by atoms with E-state index < -0.39 is 6.09 Å². The summed E-state index contributed by atoms with van der Waals surface area (Å²) in [6.07, 6.45) is 5.49. The van der Waals surface area contributed by atoms with Crippen LogP contribution in [0.1, 0.15) is 30.9 Å². The summed E-state index contributed by atoms with van der Waals surface area (Å²) >= 11 is 1.54. The van der Waals surface area contributed by atoms with Crippen molar-refractivity contribution in [2.75, 3.05) is 36.1 Å². The van der Waals surface area contributed by atoms with Crippen molar-refractivity contribution in [2.45, 2.75) is 36.2 Å². The highest BCUT2D eigenvalue weighted by Crippen LogP contribution is 2.37. The molecule has 2 N–H and O–H groups in total. The van der Waals surface area contributed by atoms with Gasteiger partial charge in [0.05, 0.1) is 12.2 Å². The van der Waals surface area contributed by atoms with E-state index >= 15 is 0 Å². The van der Waals surface area contributed by atoms with Crippen molar-refractivity contribution >= 4 is 35.1 Å². The molecule has 2 fully saturated rings. The van der Waals surface area contributed by atoms with E-state index in [0.29, 0.717) is 13.1 Å². The highest BCUT2D eigenvalue weighted by molar-refractivity contribution is 7.98. The fraction of sp³-hybridized carbons (Fsp3) is 0.409. The Hall–Kier alpha value is -3.01. The van der Waals surface area contributed by atoms with Crippen molar-refractivity contribution in [3.8, 4) is 0 Å². The first-order valence-corrected chi connectivity index (χ1v) is 11.9. The fourth-order valence-electron chi connectivity index (χ4n) is 4.66. The smallest absolute Gasteiger partial charge is 0.407 e. The minimum atomic E-state index is -0.894. The second-order valence-corrected chi connectivity index (χ2v) is 9.12. The maximum Gasteiger partial charge on any atom is 0.407 e. The number of likely N-dealkylation sites (tertiary alicyclic amines) is 1.